The molecule has 0 atom stereocenters. The van der Waals surface area contributed by atoms with E-state index in [0.29, 0.717) is 0 Å². The monoisotopic (exact) mass is 307 g/mol. The van der Waals surface area contributed by atoms with E-state index in [1.165, 1.54) is 5.82 Å². The van der Waals surface area contributed by atoms with Crippen LogP contribution >= 0.6 is 0 Å². The Morgan fingerprint density at radius 3 is 2.20 bits per heavy atom. The second-order valence-electron chi connectivity index (χ2n) is 7.07. The molecule has 110 valence electrons. The molecular weight excluding hydrogens is 282 g/mol. The standard InChI is InChI=1S/C13H25N5Si2/c1-8-17(19(2,3)4)13-11-12(15-9-14-11)16-10-18(13)20(5,6)7/h9-10H,8H2,1-7H3. The number of fused-ring (bicyclic) bond motifs is 1. The smallest absolute Gasteiger partial charge is 0.184 e. The highest BCUT2D eigenvalue weighted by Gasteiger charge is 2.32. The molecule has 0 N–H and O–H groups in total. The van der Waals surface area contributed by atoms with Crippen molar-refractivity contribution >= 4 is 22.3 Å². The van der Waals surface area contributed by atoms with Gasteiger partial charge in [0.2, 0.25) is 0 Å². The minimum atomic E-state index is -1.56. The van der Waals surface area contributed by atoms with Gasteiger partial charge in [0.1, 0.15) is 26.1 Å². The van der Waals surface area contributed by atoms with Crippen LogP contribution in [0, 0.1) is 0 Å². The Balaban J connectivity index is 2.75. The molecular formula is C13H25N5Si2. The number of rotatable bonds is 4. The van der Waals surface area contributed by atoms with Crippen molar-refractivity contribution in [2.75, 3.05) is 11.1 Å². The van der Waals surface area contributed by atoms with Gasteiger partial charge in [0.25, 0.3) is 0 Å². The fourth-order valence-corrected chi connectivity index (χ4v) is 5.65. The molecule has 0 saturated heterocycles. The van der Waals surface area contributed by atoms with Crippen molar-refractivity contribution in [3.63, 3.8) is 0 Å². The summed E-state index contributed by atoms with van der Waals surface area (Å²) in [5.41, 5.74) is 0.944. The second kappa shape index (κ2) is 4.96. The van der Waals surface area contributed by atoms with Crippen LogP contribution in [0.2, 0.25) is 39.3 Å². The van der Waals surface area contributed by atoms with Gasteiger partial charge >= 0.3 is 0 Å². The lowest BCUT2D eigenvalue weighted by molar-refractivity contribution is 0.937. The van der Waals surface area contributed by atoms with Crippen LogP contribution in [0.5, 0.6) is 0 Å². The first-order valence-corrected chi connectivity index (χ1v) is 14.0. The molecule has 0 bridgehead atoms. The Morgan fingerprint density at radius 1 is 1.05 bits per heavy atom. The van der Waals surface area contributed by atoms with Gasteiger partial charge in [-0.05, 0) is 6.92 Å². The average Bonchev–Trinajstić information content (AvgIpc) is 2.74. The van der Waals surface area contributed by atoms with Gasteiger partial charge in [-0.3, -0.25) is 0 Å². The summed E-state index contributed by atoms with van der Waals surface area (Å²) < 4.78 is 4.90. The highest BCUT2D eigenvalue weighted by molar-refractivity contribution is 6.80. The summed E-state index contributed by atoms with van der Waals surface area (Å²) >= 11 is 0. The molecule has 7 heteroatoms. The molecule has 0 radical (unpaired) electrons. The van der Waals surface area contributed by atoms with Crippen molar-refractivity contribution in [1.29, 1.82) is 0 Å². The van der Waals surface area contributed by atoms with Crippen molar-refractivity contribution in [3.8, 4) is 11.5 Å². The molecule has 2 rings (SSSR count). The molecule has 0 fully saturated rings. The van der Waals surface area contributed by atoms with Gasteiger partial charge in [0.05, 0.1) is 6.33 Å². The Labute approximate surface area is 123 Å². The van der Waals surface area contributed by atoms with Crippen molar-refractivity contribution < 1.29 is 0 Å². The van der Waals surface area contributed by atoms with E-state index in [9.17, 15) is 0 Å². The van der Waals surface area contributed by atoms with Crippen LogP contribution in [-0.2, 0) is 0 Å². The van der Waals surface area contributed by atoms with Gasteiger partial charge < -0.3 is 8.80 Å². The first-order valence-electron chi connectivity index (χ1n) is 7.12. The summed E-state index contributed by atoms with van der Waals surface area (Å²) in [5.74, 6) is 1.97. The fourth-order valence-electron chi connectivity index (χ4n) is 2.48. The van der Waals surface area contributed by atoms with Crippen LogP contribution in [0.1, 0.15) is 6.92 Å². The van der Waals surface area contributed by atoms with Crippen LogP contribution in [0.25, 0.3) is 11.5 Å². The molecule has 0 saturated carbocycles. The Bertz CT molecular complexity index is 567. The maximum absolute atomic E-state index is 4.48. The van der Waals surface area contributed by atoms with Crippen molar-refractivity contribution in [2.45, 2.75) is 46.2 Å². The fraction of sp³-hybridized carbons (Fsp3) is 0.615. The van der Waals surface area contributed by atoms with E-state index >= 15 is 0 Å². The first-order chi connectivity index (χ1) is 9.16. The molecule has 2 aliphatic heterocycles. The molecule has 0 aliphatic carbocycles. The summed E-state index contributed by atoms with van der Waals surface area (Å²) in [5, 5.41) is 0. The Hall–Kier alpha value is -1.22. The molecule has 2 heterocycles. The third kappa shape index (κ3) is 2.64. The predicted octanol–water partition coefficient (Wildman–Crippen LogP) is 3.12. The molecule has 0 aromatic rings. The van der Waals surface area contributed by atoms with Gasteiger partial charge in [0.15, 0.2) is 14.1 Å². The lowest BCUT2D eigenvalue weighted by Gasteiger charge is -2.40. The van der Waals surface area contributed by atoms with E-state index in [1.54, 1.807) is 6.33 Å². The predicted molar refractivity (Wildman–Crippen MR) is 89.5 cm³/mol. The minimum absolute atomic E-state index is 0.756. The highest BCUT2D eigenvalue weighted by atomic mass is 28.3. The van der Waals surface area contributed by atoms with E-state index in [1.807, 2.05) is 6.33 Å². The van der Waals surface area contributed by atoms with Crippen LogP contribution in [0.4, 0.5) is 5.82 Å². The number of hydrogen-bond acceptors (Lipinski definition) is 4. The minimum Gasteiger partial charge on any atom is -0.384 e. The molecule has 5 nitrogen and oxygen atoms in total. The molecule has 0 unspecified atom stereocenters. The van der Waals surface area contributed by atoms with E-state index in [2.05, 4.69) is 70.0 Å². The quantitative estimate of drug-likeness (QED) is 0.814. The number of anilines is 1. The van der Waals surface area contributed by atoms with Gasteiger partial charge in [-0.15, -0.1) is 0 Å². The number of imidazole rings is 1. The topological polar surface area (TPSA) is 46.8 Å². The van der Waals surface area contributed by atoms with Gasteiger partial charge in [-0.1, -0.05) is 39.3 Å². The maximum atomic E-state index is 4.48. The van der Waals surface area contributed by atoms with E-state index in [0.717, 1.165) is 18.1 Å². The number of nitrogens with zero attached hydrogens (tertiary/aromatic N) is 5. The molecule has 2 aliphatic rings. The van der Waals surface area contributed by atoms with Gasteiger partial charge in [-0.25, -0.2) is 15.0 Å². The summed E-state index contributed by atoms with van der Waals surface area (Å²) in [6, 6.07) is 0. The zero-order chi connectivity index (χ0) is 15.1. The molecule has 0 aromatic carbocycles. The molecule has 0 spiro atoms. The largest absolute Gasteiger partial charge is 0.384 e. The lowest BCUT2D eigenvalue weighted by atomic mass is 10.4. The normalized spacial score (nSPS) is 12.9. The van der Waals surface area contributed by atoms with Crippen molar-refractivity contribution in [2.24, 2.45) is 0 Å². The van der Waals surface area contributed by atoms with Gasteiger partial charge in [-0.2, -0.15) is 0 Å². The van der Waals surface area contributed by atoms with Crippen LogP contribution in [-0.4, -0.2) is 42.2 Å². The molecule has 0 amide bonds. The van der Waals surface area contributed by atoms with Gasteiger partial charge in [0, 0.05) is 6.54 Å². The van der Waals surface area contributed by atoms with E-state index in [4.69, 9.17) is 0 Å². The summed E-state index contributed by atoms with van der Waals surface area (Å²) in [7, 11) is -3.05. The van der Waals surface area contributed by atoms with Crippen molar-refractivity contribution in [1.82, 2.24) is 19.2 Å². The maximum Gasteiger partial charge on any atom is 0.184 e. The van der Waals surface area contributed by atoms with Crippen LogP contribution in [0.3, 0.4) is 0 Å². The molecule has 0 aromatic heterocycles. The number of aromatic nitrogens is 4. The zero-order valence-electron chi connectivity index (χ0n) is 13.6. The summed E-state index contributed by atoms with van der Waals surface area (Å²) in [6.07, 6.45) is 3.58. The SMILES string of the molecule is CCN(c1c2ncnc-2ncn1[Si](C)(C)C)[Si](C)(C)C. The van der Waals surface area contributed by atoms with E-state index < -0.39 is 16.5 Å². The summed E-state index contributed by atoms with van der Waals surface area (Å²) in [6.45, 7) is 17.3. The van der Waals surface area contributed by atoms with Crippen molar-refractivity contribution in [3.05, 3.63) is 12.7 Å². The van der Waals surface area contributed by atoms with Crippen LogP contribution in [0.15, 0.2) is 12.7 Å². The second-order valence-corrected chi connectivity index (χ2v) is 16.8. The highest BCUT2D eigenvalue weighted by Crippen LogP contribution is 2.33. The average molecular weight is 308 g/mol. The zero-order valence-corrected chi connectivity index (χ0v) is 15.6. The molecule has 20 heavy (non-hydrogen) atoms. The third-order valence-corrected chi connectivity index (χ3v) is 7.34. The third-order valence-electron chi connectivity index (χ3n) is 3.42. The lowest BCUT2D eigenvalue weighted by Crippen LogP contribution is -2.50. The van der Waals surface area contributed by atoms with E-state index in [-0.39, 0.29) is 0 Å². The first kappa shape index (κ1) is 15.2. The van der Waals surface area contributed by atoms with Crippen LogP contribution < -0.4 is 4.57 Å². The summed E-state index contributed by atoms with van der Waals surface area (Å²) in [4.78, 5) is 13.2. The Morgan fingerprint density at radius 2 is 1.70 bits per heavy atom. The number of hydrogen-bond donors (Lipinski definition) is 0. The Kier molecular flexibility index (Phi) is 3.76.